The van der Waals surface area contributed by atoms with E-state index in [0.717, 1.165) is 0 Å². The Morgan fingerprint density at radius 1 is 0.200 bits per heavy atom. The molecule has 0 aromatic heterocycles. The molecule has 0 saturated heterocycles. The summed E-state index contributed by atoms with van der Waals surface area (Å²) < 4.78 is 0. The van der Waals surface area contributed by atoms with Crippen molar-refractivity contribution in [3.05, 3.63) is 0 Å². The van der Waals surface area contributed by atoms with Crippen LogP contribution >= 0.6 is 0 Å². The average Bonchev–Trinajstić information content (AvgIpc) is 3.06. The van der Waals surface area contributed by atoms with E-state index in [1.807, 2.05) is 0 Å². The van der Waals surface area contributed by atoms with E-state index >= 15 is 0 Å². The zero-order valence-corrected chi connectivity index (χ0v) is 44.8. The molecule has 0 N–H and O–H groups in total. The summed E-state index contributed by atoms with van der Waals surface area (Å²) in [5.41, 5.74) is 0. The van der Waals surface area contributed by atoms with Crippen LogP contribution < -0.4 is 51.1 Å². The summed E-state index contributed by atoms with van der Waals surface area (Å²) in [6.07, 6.45) is 1.11. The molecule has 0 unspecified atom stereocenters. The standard InChI is InChI=1S/10C3H6O2.5Ca/c10*1-2-3(4)5;;;;;/h10*2H2,1H3,(H,4,5);;;;;/q;;;;;;;;;;5*+2/p-10. The second kappa shape index (κ2) is 95.4. The summed E-state index contributed by atoms with van der Waals surface area (Å²) in [5, 5.41) is 92.6. The van der Waals surface area contributed by atoms with Gasteiger partial charge in [-0.3, -0.25) is 0 Å². The van der Waals surface area contributed by atoms with Crippen LogP contribution in [0.4, 0.5) is 0 Å². The molecule has 0 amide bonds. The number of hydrogen-bond donors (Lipinski definition) is 0. The number of rotatable bonds is 10. The van der Waals surface area contributed by atoms with E-state index in [1.165, 1.54) is 69.2 Å². The molecular formula is C30H50Ca5O20. The molecule has 25 heteroatoms. The number of carbonyl (C=O) groups excluding carboxylic acids is 10. The molecule has 0 atom stereocenters. The first-order valence-electron chi connectivity index (χ1n) is 14.7. The van der Waals surface area contributed by atoms with Crippen LogP contribution in [0.3, 0.4) is 0 Å². The van der Waals surface area contributed by atoms with Crippen LogP contribution in [0.15, 0.2) is 0 Å². The molecule has 0 aromatic carbocycles. The van der Waals surface area contributed by atoms with Gasteiger partial charge in [0, 0.05) is 59.7 Å². The van der Waals surface area contributed by atoms with Crippen LogP contribution in [0.1, 0.15) is 133 Å². The van der Waals surface area contributed by atoms with Gasteiger partial charge in [0.05, 0.1) is 0 Å². The Bertz CT molecular complexity index is 658. The molecule has 0 aliphatic carbocycles. The molecular weight excluding hydrogens is 881 g/mol. The predicted molar refractivity (Wildman–Crippen MR) is 182 cm³/mol. The Morgan fingerprint density at radius 3 is 0.218 bits per heavy atom. The third-order valence-corrected chi connectivity index (χ3v) is 2.89. The third-order valence-electron chi connectivity index (χ3n) is 2.89. The van der Waals surface area contributed by atoms with E-state index in [4.69, 9.17) is 0 Å². The van der Waals surface area contributed by atoms with Crippen LogP contribution in [0.2, 0.25) is 0 Å². The van der Waals surface area contributed by atoms with E-state index in [0.29, 0.717) is 0 Å². The molecule has 0 heterocycles. The summed E-state index contributed by atoms with van der Waals surface area (Å²) in [5.74, 6) is -9.95. The quantitative estimate of drug-likeness (QED) is 0.184. The van der Waals surface area contributed by atoms with Crippen LogP contribution in [0, 0.1) is 0 Å². The van der Waals surface area contributed by atoms with Gasteiger partial charge in [-0.25, -0.2) is 0 Å². The van der Waals surface area contributed by atoms with Crippen molar-refractivity contribution in [3.8, 4) is 0 Å². The monoisotopic (exact) mass is 930 g/mol. The van der Waals surface area contributed by atoms with Gasteiger partial charge in [0.25, 0.3) is 0 Å². The summed E-state index contributed by atoms with van der Waals surface area (Å²) in [4.78, 5) is 92.6. The largest absolute Gasteiger partial charge is 2.00 e. The molecule has 300 valence electrons. The Balaban J connectivity index is -0.0000000246. The third kappa shape index (κ3) is 350. The summed E-state index contributed by atoms with van der Waals surface area (Å²) in [6.45, 7) is 15.4. The summed E-state index contributed by atoms with van der Waals surface area (Å²) in [7, 11) is 0. The predicted octanol–water partition coefficient (Wildman–Crippen LogP) is -10.4. The van der Waals surface area contributed by atoms with Gasteiger partial charge in [-0.05, 0) is 64.2 Å². The zero-order chi connectivity index (χ0) is 42.8. The van der Waals surface area contributed by atoms with Crippen LogP contribution in [0.5, 0.6) is 0 Å². The van der Waals surface area contributed by atoms with Gasteiger partial charge in [0.2, 0.25) is 0 Å². The van der Waals surface area contributed by atoms with Crippen molar-refractivity contribution >= 4 is 248 Å². The second-order valence-corrected chi connectivity index (χ2v) is 7.26. The Labute approximate surface area is 473 Å². The molecule has 0 aromatic rings. The molecule has 0 rings (SSSR count). The summed E-state index contributed by atoms with van der Waals surface area (Å²) in [6, 6.07) is 0. The molecule has 0 fully saturated rings. The Kier molecular flexibility index (Phi) is 175. The second-order valence-electron chi connectivity index (χ2n) is 7.26. The maximum atomic E-state index is 9.26. The van der Waals surface area contributed by atoms with E-state index < -0.39 is 59.7 Å². The first-order valence-corrected chi connectivity index (χ1v) is 14.7. The summed E-state index contributed by atoms with van der Waals surface area (Å²) >= 11 is 0. The Morgan fingerprint density at radius 2 is 0.218 bits per heavy atom. The minimum atomic E-state index is -0.995. The van der Waals surface area contributed by atoms with E-state index in [1.54, 1.807) is 0 Å². The van der Waals surface area contributed by atoms with Gasteiger partial charge in [-0.15, -0.1) is 0 Å². The molecule has 20 nitrogen and oxygen atoms in total. The number of aliphatic carboxylic acids is 10. The normalized spacial score (nSPS) is 6.73. The van der Waals surface area contributed by atoms with Crippen molar-refractivity contribution in [2.45, 2.75) is 133 Å². The molecule has 0 aliphatic heterocycles. The van der Waals surface area contributed by atoms with Crippen LogP contribution in [-0.4, -0.2) is 248 Å². The molecule has 0 radical (unpaired) electrons. The Hall–Kier alpha value is 0.999. The zero-order valence-electron chi connectivity index (χ0n) is 33.8. The van der Waals surface area contributed by atoms with Gasteiger partial charge in [-0.2, -0.15) is 0 Å². The van der Waals surface area contributed by atoms with Gasteiger partial charge in [0.15, 0.2) is 0 Å². The van der Waals surface area contributed by atoms with Crippen molar-refractivity contribution in [2.75, 3.05) is 0 Å². The topological polar surface area (TPSA) is 401 Å². The molecule has 0 saturated carbocycles. The fourth-order valence-corrected chi connectivity index (χ4v) is 0. The van der Waals surface area contributed by atoms with E-state index in [-0.39, 0.29) is 253 Å². The van der Waals surface area contributed by atoms with E-state index in [2.05, 4.69) is 0 Å². The fourth-order valence-electron chi connectivity index (χ4n) is 0. The van der Waals surface area contributed by atoms with Crippen LogP contribution in [-0.2, 0) is 47.9 Å². The van der Waals surface area contributed by atoms with E-state index in [9.17, 15) is 99.0 Å². The molecule has 0 spiro atoms. The number of hydrogen-bond acceptors (Lipinski definition) is 20. The van der Waals surface area contributed by atoms with Gasteiger partial charge in [0.1, 0.15) is 0 Å². The van der Waals surface area contributed by atoms with Crippen molar-refractivity contribution in [2.24, 2.45) is 0 Å². The first-order chi connectivity index (χ1) is 22.7. The molecule has 0 aliphatic rings. The molecule has 55 heavy (non-hydrogen) atoms. The van der Waals surface area contributed by atoms with Gasteiger partial charge in [-0.1, -0.05) is 69.2 Å². The minimum absolute atomic E-state index is 0. The van der Waals surface area contributed by atoms with Crippen molar-refractivity contribution in [3.63, 3.8) is 0 Å². The smallest absolute Gasteiger partial charge is 0.550 e. The average molecular weight is 931 g/mol. The molecule has 0 bridgehead atoms. The van der Waals surface area contributed by atoms with Crippen molar-refractivity contribution in [1.82, 2.24) is 0 Å². The van der Waals surface area contributed by atoms with Gasteiger partial charge < -0.3 is 99.0 Å². The number of carbonyl (C=O) groups is 10. The fraction of sp³-hybridized carbons (Fsp3) is 0.667. The SMILES string of the molecule is CCC(=O)[O-].CCC(=O)[O-].CCC(=O)[O-].CCC(=O)[O-].CCC(=O)[O-].CCC(=O)[O-].CCC(=O)[O-].CCC(=O)[O-].CCC(=O)[O-].CCC(=O)[O-].[Ca+2].[Ca+2].[Ca+2].[Ca+2].[Ca+2]. The van der Waals surface area contributed by atoms with Crippen LogP contribution in [0.25, 0.3) is 0 Å². The van der Waals surface area contributed by atoms with Crippen molar-refractivity contribution in [1.29, 1.82) is 0 Å². The van der Waals surface area contributed by atoms with Crippen molar-refractivity contribution < 1.29 is 99.0 Å². The number of carboxylic acids is 10. The minimum Gasteiger partial charge on any atom is -0.550 e. The maximum Gasteiger partial charge on any atom is 2.00 e. The number of carboxylic acid groups (broad SMARTS) is 10. The van der Waals surface area contributed by atoms with Gasteiger partial charge >= 0.3 is 189 Å². The maximum absolute atomic E-state index is 9.26. The first kappa shape index (κ1) is 101.